The highest BCUT2D eigenvalue weighted by Gasteiger charge is 2.43. The van der Waals surface area contributed by atoms with Crippen LogP contribution < -0.4 is 15.4 Å². The molecule has 33 heavy (non-hydrogen) atoms. The van der Waals surface area contributed by atoms with E-state index in [0.29, 0.717) is 49.8 Å². The van der Waals surface area contributed by atoms with Crippen molar-refractivity contribution in [2.24, 2.45) is 4.99 Å². The number of ether oxygens (including phenoxy) is 1. The van der Waals surface area contributed by atoms with Gasteiger partial charge < -0.3 is 15.4 Å². The lowest BCUT2D eigenvalue weighted by Gasteiger charge is -2.44. The molecule has 0 saturated carbocycles. The van der Waals surface area contributed by atoms with Gasteiger partial charge in [-0.15, -0.1) is 0 Å². The van der Waals surface area contributed by atoms with Gasteiger partial charge in [-0.3, -0.25) is 4.99 Å². The van der Waals surface area contributed by atoms with Crippen molar-refractivity contribution in [1.29, 1.82) is 0 Å². The molecule has 0 atom stereocenters. The third kappa shape index (κ3) is 5.08. The normalized spacial score (nSPS) is 18.8. The number of nitrogens with one attached hydrogen (secondary N) is 2. The molecule has 0 bridgehead atoms. The van der Waals surface area contributed by atoms with E-state index in [2.05, 4.69) is 30.5 Å². The van der Waals surface area contributed by atoms with E-state index in [1.165, 1.54) is 0 Å². The Bertz CT molecular complexity index is 1090. The fourth-order valence-electron chi connectivity index (χ4n) is 4.59. The molecule has 1 spiro atoms. The Hall–Kier alpha value is -2.42. The first-order valence-electron chi connectivity index (χ1n) is 11.6. The topological polar surface area (TPSA) is 83.0 Å². The van der Waals surface area contributed by atoms with Gasteiger partial charge in [-0.25, -0.2) is 8.42 Å². The van der Waals surface area contributed by atoms with Gasteiger partial charge in [-0.05, 0) is 54.2 Å². The van der Waals surface area contributed by atoms with Gasteiger partial charge in [0.25, 0.3) is 0 Å². The van der Waals surface area contributed by atoms with Gasteiger partial charge in [-0.1, -0.05) is 38.1 Å². The summed E-state index contributed by atoms with van der Waals surface area (Å²) in [6.45, 7) is 7.28. The van der Waals surface area contributed by atoms with Gasteiger partial charge >= 0.3 is 0 Å². The zero-order valence-electron chi connectivity index (χ0n) is 19.7. The average Bonchev–Trinajstić information content (AvgIpc) is 2.84. The van der Waals surface area contributed by atoms with Crippen LogP contribution in [0.4, 0.5) is 0 Å². The maximum atomic E-state index is 13.2. The minimum Gasteiger partial charge on any atom is -0.497 e. The second-order valence-corrected chi connectivity index (χ2v) is 11.0. The molecule has 1 fully saturated rings. The van der Waals surface area contributed by atoms with E-state index in [9.17, 15) is 8.42 Å². The molecule has 0 aliphatic carbocycles. The lowest BCUT2D eigenvalue weighted by atomic mass is 9.85. The standard InChI is InChI=1S/C25H34N4O3S/c1-19(2)21-7-9-23(10-8-21)33(30,31)29-15-11-25(12-16-29)24(26-13-14-28-25)27-18-20-5-4-6-22(17-20)32-3/h4-10,17,19,28H,11-16,18H2,1-3H3,(H,26,27). The molecule has 8 heteroatoms. The van der Waals surface area contributed by atoms with Gasteiger partial charge in [0.05, 0.1) is 24.1 Å². The fourth-order valence-corrected chi connectivity index (χ4v) is 6.03. The zero-order valence-corrected chi connectivity index (χ0v) is 20.5. The minimum atomic E-state index is -3.51. The summed E-state index contributed by atoms with van der Waals surface area (Å²) in [7, 11) is -1.85. The molecule has 0 radical (unpaired) electrons. The Balaban J connectivity index is 1.43. The third-order valence-electron chi connectivity index (χ3n) is 6.65. The van der Waals surface area contributed by atoms with Gasteiger partial charge in [0.1, 0.15) is 11.6 Å². The summed E-state index contributed by atoms with van der Waals surface area (Å²) in [5.74, 6) is 2.12. The van der Waals surface area contributed by atoms with Crippen LogP contribution in [0.15, 0.2) is 58.4 Å². The highest BCUT2D eigenvalue weighted by atomic mass is 32.2. The van der Waals surface area contributed by atoms with Crippen molar-refractivity contribution in [2.45, 2.75) is 49.6 Å². The Labute approximate surface area is 197 Å². The van der Waals surface area contributed by atoms with Crippen molar-refractivity contribution < 1.29 is 13.2 Å². The van der Waals surface area contributed by atoms with Crippen LogP contribution in [0.2, 0.25) is 0 Å². The van der Waals surface area contributed by atoms with E-state index < -0.39 is 10.0 Å². The molecule has 2 heterocycles. The third-order valence-corrected chi connectivity index (χ3v) is 8.57. The predicted molar refractivity (Wildman–Crippen MR) is 131 cm³/mol. The van der Waals surface area contributed by atoms with Crippen LogP contribution in [0, 0.1) is 0 Å². The molecule has 2 aliphatic heterocycles. The average molecular weight is 471 g/mol. The van der Waals surface area contributed by atoms with Crippen molar-refractivity contribution in [2.75, 3.05) is 33.3 Å². The summed E-state index contributed by atoms with van der Waals surface area (Å²) in [6, 6.07) is 15.3. The lowest BCUT2D eigenvalue weighted by Crippen LogP contribution is -2.64. The number of amidine groups is 1. The summed E-state index contributed by atoms with van der Waals surface area (Å²) in [5, 5.41) is 7.15. The maximum Gasteiger partial charge on any atom is 0.243 e. The summed E-state index contributed by atoms with van der Waals surface area (Å²) in [6.07, 6.45) is 1.36. The lowest BCUT2D eigenvalue weighted by molar-refractivity contribution is 0.241. The smallest absolute Gasteiger partial charge is 0.243 e. The minimum absolute atomic E-state index is 0.315. The van der Waals surface area contributed by atoms with Gasteiger partial charge in [0.15, 0.2) is 0 Å². The van der Waals surface area contributed by atoms with E-state index in [1.807, 2.05) is 30.3 Å². The molecule has 0 aromatic heterocycles. The Morgan fingerprint density at radius 3 is 2.55 bits per heavy atom. The summed E-state index contributed by atoms with van der Waals surface area (Å²) in [5.41, 5.74) is 1.94. The van der Waals surface area contributed by atoms with E-state index >= 15 is 0 Å². The number of rotatable bonds is 6. The van der Waals surface area contributed by atoms with E-state index in [0.717, 1.165) is 29.3 Å². The van der Waals surface area contributed by atoms with Crippen molar-refractivity contribution in [1.82, 2.24) is 14.9 Å². The molecule has 2 aromatic rings. The molecular formula is C25H34N4O3S. The first-order chi connectivity index (χ1) is 15.8. The van der Waals surface area contributed by atoms with E-state index in [-0.39, 0.29) is 5.54 Å². The highest BCUT2D eigenvalue weighted by Crippen LogP contribution is 2.29. The molecule has 1 saturated heterocycles. The Morgan fingerprint density at radius 1 is 1.15 bits per heavy atom. The number of piperidine rings is 1. The zero-order chi connectivity index (χ0) is 23.5. The predicted octanol–water partition coefficient (Wildman–Crippen LogP) is 3.13. The van der Waals surface area contributed by atoms with Crippen LogP contribution >= 0.6 is 0 Å². The van der Waals surface area contributed by atoms with Crippen molar-refractivity contribution in [3.8, 4) is 5.75 Å². The number of hydrogen-bond donors (Lipinski definition) is 2. The molecule has 2 N–H and O–H groups in total. The number of hydrogen-bond acceptors (Lipinski definition) is 6. The SMILES string of the molecule is COc1cccc(CNC2=NCCNC23CCN(S(=O)(=O)c2ccc(C(C)C)cc2)CC3)c1. The summed E-state index contributed by atoms with van der Waals surface area (Å²) in [4.78, 5) is 5.14. The Kier molecular flexibility index (Phi) is 7.07. The maximum absolute atomic E-state index is 13.2. The first kappa shape index (κ1) is 23.7. The van der Waals surface area contributed by atoms with Crippen LogP contribution in [-0.4, -0.2) is 57.4 Å². The number of sulfonamides is 1. The molecule has 0 amide bonds. The Morgan fingerprint density at radius 2 is 1.88 bits per heavy atom. The van der Waals surface area contributed by atoms with Crippen molar-refractivity contribution in [3.63, 3.8) is 0 Å². The quantitative estimate of drug-likeness (QED) is 0.678. The molecule has 0 unspecified atom stereocenters. The van der Waals surface area contributed by atoms with Crippen LogP contribution in [0.1, 0.15) is 43.7 Å². The molecule has 7 nitrogen and oxygen atoms in total. The second-order valence-electron chi connectivity index (χ2n) is 9.07. The molecule has 4 rings (SSSR count). The van der Waals surface area contributed by atoms with Crippen LogP contribution in [0.5, 0.6) is 5.75 Å². The van der Waals surface area contributed by atoms with Gasteiger partial charge in [0.2, 0.25) is 10.0 Å². The van der Waals surface area contributed by atoms with Crippen LogP contribution in [0.25, 0.3) is 0 Å². The van der Waals surface area contributed by atoms with Crippen LogP contribution in [-0.2, 0) is 16.6 Å². The number of methoxy groups -OCH3 is 1. The van der Waals surface area contributed by atoms with Crippen molar-refractivity contribution in [3.05, 3.63) is 59.7 Å². The van der Waals surface area contributed by atoms with Gasteiger partial charge in [0, 0.05) is 26.2 Å². The summed E-state index contributed by atoms with van der Waals surface area (Å²) < 4.78 is 33.4. The fraction of sp³-hybridized carbons (Fsp3) is 0.480. The van der Waals surface area contributed by atoms with Crippen molar-refractivity contribution >= 4 is 15.9 Å². The monoisotopic (exact) mass is 470 g/mol. The van der Waals surface area contributed by atoms with Crippen LogP contribution in [0.3, 0.4) is 0 Å². The molecular weight excluding hydrogens is 436 g/mol. The second kappa shape index (κ2) is 9.83. The number of benzene rings is 2. The number of nitrogens with zero attached hydrogens (tertiary/aromatic N) is 2. The number of aliphatic imine (C=N–C) groups is 1. The van der Waals surface area contributed by atoms with E-state index in [1.54, 1.807) is 23.5 Å². The summed E-state index contributed by atoms with van der Waals surface area (Å²) >= 11 is 0. The molecule has 2 aliphatic rings. The van der Waals surface area contributed by atoms with E-state index in [4.69, 9.17) is 9.73 Å². The molecule has 2 aromatic carbocycles. The first-order valence-corrected chi connectivity index (χ1v) is 13.0. The largest absolute Gasteiger partial charge is 0.497 e. The van der Waals surface area contributed by atoms with Gasteiger partial charge in [-0.2, -0.15) is 4.31 Å². The highest BCUT2D eigenvalue weighted by molar-refractivity contribution is 7.89. The molecule has 178 valence electrons.